The molecule has 0 aliphatic heterocycles. The standard InChI is InChI=1S/C9H8F2N2O2/c10-9(11)15-7-2-5(3-14)1-6-8(7)13-4-12-6/h1-2,4,9,14H,3H2,(H,12,13). The van der Waals surface area contributed by atoms with Crippen molar-refractivity contribution in [1.29, 1.82) is 0 Å². The Morgan fingerprint density at radius 3 is 2.93 bits per heavy atom. The molecule has 1 aromatic carbocycles. The first-order chi connectivity index (χ1) is 7.20. The highest BCUT2D eigenvalue weighted by molar-refractivity contribution is 5.82. The molecule has 1 aromatic heterocycles. The van der Waals surface area contributed by atoms with Gasteiger partial charge >= 0.3 is 6.61 Å². The number of nitrogens with one attached hydrogen (secondary N) is 1. The molecule has 0 saturated carbocycles. The second kappa shape index (κ2) is 3.82. The van der Waals surface area contributed by atoms with E-state index in [1.165, 1.54) is 12.4 Å². The van der Waals surface area contributed by atoms with Crippen LogP contribution in [0, 0.1) is 0 Å². The van der Waals surface area contributed by atoms with Gasteiger partial charge in [-0.1, -0.05) is 0 Å². The smallest absolute Gasteiger partial charge is 0.387 e. The van der Waals surface area contributed by atoms with Crippen molar-refractivity contribution in [3.05, 3.63) is 24.0 Å². The molecule has 0 unspecified atom stereocenters. The van der Waals surface area contributed by atoms with E-state index >= 15 is 0 Å². The van der Waals surface area contributed by atoms with Crippen LogP contribution < -0.4 is 4.74 Å². The van der Waals surface area contributed by atoms with E-state index in [-0.39, 0.29) is 12.4 Å². The Morgan fingerprint density at radius 1 is 1.47 bits per heavy atom. The molecule has 0 amide bonds. The fourth-order valence-corrected chi connectivity index (χ4v) is 1.35. The number of rotatable bonds is 3. The fourth-order valence-electron chi connectivity index (χ4n) is 1.35. The van der Waals surface area contributed by atoms with Crippen LogP contribution in [0.5, 0.6) is 5.75 Å². The minimum absolute atomic E-state index is 0.0344. The van der Waals surface area contributed by atoms with Gasteiger partial charge < -0.3 is 14.8 Å². The normalized spacial score (nSPS) is 11.2. The van der Waals surface area contributed by atoms with Crippen LogP contribution in [-0.4, -0.2) is 21.7 Å². The Bertz CT molecular complexity index is 470. The number of alkyl halides is 2. The minimum Gasteiger partial charge on any atom is -0.432 e. The summed E-state index contributed by atoms with van der Waals surface area (Å²) < 4.78 is 28.4. The number of aromatic amines is 1. The Hall–Kier alpha value is -1.69. The predicted octanol–water partition coefficient (Wildman–Crippen LogP) is 1.66. The number of ether oxygens (including phenoxy) is 1. The number of hydrogen-bond donors (Lipinski definition) is 2. The third-order valence-corrected chi connectivity index (χ3v) is 1.95. The molecule has 15 heavy (non-hydrogen) atoms. The maximum absolute atomic E-state index is 12.1. The lowest BCUT2D eigenvalue weighted by molar-refractivity contribution is -0.0489. The van der Waals surface area contributed by atoms with Crippen LogP contribution in [0.1, 0.15) is 5.56 Å². The van der Waals surface area contributed by atoms with Gasteiger partial charge in [0, 0.05) is 0 Å². The van der Waals surface area contributed by atoms with Gasteiger partial charge in [0.1, 0.15) is 5.52 Å². The summed E-state index contributed by atoms with van der Waals surface area (Å²) in [5.74, 6) is -0.0344. The highest BCUT2D eigenvalue weighted by atomic mass is 19.3. The molecule has 0 radical (unpaired) electrons. The van der Waals surface area contributed by atoms with Crippen LogP contribution in [0.25, 0.3) is 11.0 Å². The molecule has 1 heterocycles. The largest absolute Gasteiger partial charge is 0.432 e. The van der Waals surface area contributed by atoms with Gasteiger partial charge in [-0.25, -0.2) is 4.98 Å². The summed E-state index contributed by atoms with van der Waals surface area (Å²) in [6, 6.07) is 2.97. The van der Waals surface area contributed by atoms with E-state index in [2.05, 4.69) is 14.7 Å². The second-order valence-electron chi connectivity index (χ2n) is 2.93. The number of aliphatic hydroxyl groups excluding tert-OH is 1. The zero-order valence-corrected chi connectivity index (χ0v) is 7.58. The molecule has 0 fully saturated rings. The van der Waals surface area contributed by atoms with Gasteiger partial charge in [0.15, 0.2) is 5.75 Å². The number of nitrogens with zero attached hydrogens (tertiary/aromatic N) is 1. The lowest BCUT2D eigenvalue weighted by Crippen LogP contribution is -2.03. The first-order valence-electron chi connectivity index (χ1n) is 4.22. The molecule has 0 atom stereocenters. The molecule has 0 spiro atoms. The number of aromatic nitrogens is 2. The molecule has 6 heteroatoms. The molecule has 2 rings (SSSR count). The van der Waals surface area contributed by atoms with Crippen LogP contribution in [0.15, 0.2) is 18.5 Å². The SMILES string of the molecule is OCc1cc(OC(F)F)c2nc[nH]c2c1. The van der Waals surface area contributed by atoms with Crippen molar-refractivity contribution in [1.82, 2.24) is 9.97 Å². The highest BCUT2D eigenvalue weighted by Crippen LogP contribution is 2.26. The summed E-state index contributed by atoms with van der Waals surface area (Å²) in [7, 11) is 0. The number of imidazole rings is 1. The van der Waals surface area contributed by atoms with Gasteiger partial charge in [-0.15, -0.1) is 0 Å². The number of aliphatic hydroxyl groups is 1. The van der Waals surface area contributed by atoms with Crippen LogP contribution >= 0.6 is 0 Å². The number of benzene rings is 1. The van der Waals surface area contributed by atoms with Gasteiger partial charge in [-0.3, -0.25) is 0 Å². The number of hydrogen-bond acceptors (Lipinski definition) is 3. The van der Waals surface area contributed by atoms with Crippen LogP contribution in [0.4, 0.5) is 8.78 Å². The number of H-pyrrole nitrogens is 1. The summed E-state index contributed by atoms with van der Waals surface area (Å²) in [4.78, 5) is 6.61. The van der Waals surface area contributed by atoms with E-state index in [9.17, 15) is 8.78 Å². The van der Waals surface area contributed by atoms with Crippen LogP contribution in [0.3, 0.4) is 0 Å². The van der Waals surface area contributed by atoms with Crippen molar-refractivity contribution in [3.63, 3.8) is 0 Å². The van der Waals surface area contributed by atoms with Crippen molar-refractivity contribution < 1.29 is 18.6 Å². The highest BCUT2D eigenvalue weighted by Gasteiger charge is 2.11. The van der Waals surface area contributed by atoms with Crippen molar-refractivity contribution in [2.45, 2.75) is 13.2 Å². The molecule has 0 aliphatic rings. The third-order valence-electron chi connectivity index (χ3n) is 1.95. The van der Waals surface area contributed by atoms with E-state index in [4.69, 9.17) is 5.11 Å². The summed E-state index contributed by atoms with van der Waals surface area (Å²) in [6.45, 7) is -3.15. The number of fused-ring (bicyclic) bond motifs is 1. The average molecular weight is 214 g/mol. The predicted molar refractivity (Wildman–Crippen MR) is 48.6 cm³/mol. The van der Waals surface area contributed by atoms with Gasteiger partial charge in [0.2, 0.25) is 0 Å². The summed E-state index contributed by atoms with van der Waals surface area (Å²) >= 11 is 0. The van der Waals surface area contributed by atoms with Crippen LogP contribution in [-0.2, 0) is 6.61 Å². The first-order valence-corrected chi connectivity index (χ1v) is 4.22. The summed E-state index contributed by atoms with van der Waals surface area (Å²) in [5.41, 5.74) is 1.37. The van der Waals surface area contributed by atoms with E-state index < -0.39 is 6.61 Å². The maximum atomic E-state index is 12.1. The van der Waals surface area contributed by atoms with Gasteiger partial charge in [0.05, 0.1) is 18.5 Å². The van der Waals surface area contributed by atoms with E-state index in [0.29, 0.717) is 16.6 Å². The second-order valence-corrected chi connectivity index (χ2v) is 2.93. The Morgan fingerprint density at radius 2 is 2.27 bits per heavy atom. The van der Waals surface area contributed by atoms with Crippen LogP contribution in [0.2, 0.25) is 0 Å². The molecule has 0 aliphatic carbocycles. The van der Waals surface area contributed by atoms with E-state index in [0.717, 1.165) is 0 Å². The van der Waals surface area contributed by atoms with Crippen molar-refractivity contribution in [2.24, 2.45) is 0 Å². The zero-order chi connectivity index (χ0) is 10.8. The molecule has 0 bridgehead atoms. The molecule has 0 saturated heterocycles. The van der Waals surface area contributed by atoms with E-state index in [1.54, 1.807) is 6.07 Å². The topological polar surface area (TPSA) is 58.1 Å². The fraction of sp³-hybridized carbons (Fsp3) is 0.222. The lowest BCUT2D eigenvalue weighted by atomic mass is 10.2. The van der Waals surface area contributed by atoms with Crippen molar-refractivity contribution in [3.8, 4) is 5.75 Å². The Balaban J connectivity index is 2.53. The maximum Gasteiger partial charge on any atom is 0.387 e. The summed E-state index contributed by atoms with van der Waals surface area (Å²) in [6.07, 6.45) is 1.38. The Labute approximate surface area is 83.5 Å². The zero-order valence-electron chi connectivity index (χ0n) is 7.58. The molecule has 2 N–H and O–H groups in total. The third kappa shape index (κ3) is 1.89. The van der Waals surface area contributed by atoms with E-state index in [1.807, 2.05) is 0 Å². The Kier molecular flexibility index (Phi) is 2.51. The molecule has 2 aromatic rings. The summed E-state index contributed by atoms with van der Waals surface area (Å²) in [5, 5.41) is 8.92. The molecule has 4 nitrogen and oxygen atoms in total. The van der Waals surface area contributed by atoms with Crippen molar-refractivity contribution in [2.75, 3.05) is 0 Å². The minimum atomic E-state index is -2.90. The monoisotopic (exact) mass is 214 g/mol. The first kappa shape index (κ1) is 9.85. The molecular weight excluding hydrogens is 206 g/mol. The number of halogens is 2. The van der Waals surface area contributed by atoms with Gasteiger partial charge in [0.25, 0.3) is 0 Å². The molecular formula is C9H8F2N2O2. The van der Waals surface area contributed by atoms with Crippen molar-refractivity contribution >= 4 is 11.0 Å². The quantitative estimate of drug-likeness (QED) is 0.816. The lowest BCUT2D eigenvalue weighted by Gasteiger charge is -2.06. The van der Waals surface area contributed by atoms with Gasteiger partial charge in [-0.2, -0.15) is 8.78 Å². The van der Waals surface area contributed by atoms with Gasteiger partial charge in [-0.05, 0) is 17.7 Å². The molecule has 80 valence electrons. The average Bonchev–Trinajstić information content (AvgIpc) is 2.64.